The third-order valence-electron chi connectivity index (χ3n) is 6.14. The van der Waals surface area contributed by atoms with Crippen molar-refractivity contribution in [3.8, 4) is 0 Å². The topological polar surface area (TPSA) is 70.2 Å². The summed E-state index contributed by atoms with van der Waals surface area (Å²) in [5.41, 5.74) is 2.85. The van der Waals surface area contributed by atoms with Crippen LogP contribution in [0.5, 0.6) is 0 Å². The molecule has 1 fully saturated rings. The van der Waals surface area contributed by atoms with Gasteiger partial charge in [-0.25, -0.2) is 9.97 Å². The first-order chi connectivity index (χ1) is 15.5. The fourth-order valence-electron chi connectivity index (χ4n) is 4.38. The summed E-state index contributed by atoms with van der Waals surface area (Å²) in [6.45, 7) is 0.716. The Balaban J connectivity index is 1.32. The van der Waals surface area contributed by atoms with Crippen molar-refractivity contribution in [2.24, 2.45) is 5.92 Å². The smallest absolute Gasteiger partial charge is 0.254 e. The number of aromatic nitrogens is 2. The van der Waals surface area contributed by atoms with Crippen molar-refractivity contribution in [3.63, 3.8) is 0 Å². The zero-order valence-corrected chi connectivity index (χ0v) is 19.8. The first kappa shape index (κ1) is 22.4. The monoisotopic (exact) mass is 449 g/mol. The van der Waals surface area contributed by atoms with Crippen LogP contribution in [0.3, 0.4) is 0 Å². The molecule has 0 saturated heterocycles. The lowest BCUT2D eigenvalue weighted by Crippen LogP contribution is -2.34. The number of anilines is 2. The van der Waals surface area contributed by atoms with Crippen molar-refractivity contribution >= 4 is 40.1 Å². The van der Waals surface area contributed by atoms with Gasteiger partial charge in [-0.05, 0) is 56.1 Å². The number of hydrogen-bond acceptors (Lipinski definition) is 6. The van der Waals surface area contributed by atoms with Gasteiger partial charge in [-0.3, -0.25) is 4.79 Å². The number of carbonyl (C=O) groups excluding carboxylic acids is 1. The predicted molar refractivity (Wildman–Crippen MR) is 134 cm³/mol. The van der Waals surface area contributed by atoms with E-state index in [4.69, 9.17) is 4.98 Å². The number of carbonyl (C=O) groups is 1. The van der Waals surface area contributed by atoms with E-state index >= 15 is 0 Å². The van der Waals surface area contributed by atoms with Crippen molar-refractivity contribution < 1.29 is 4.79 Å². The number of pyridine rings is 2. The quantitative estimate of drug-likeness (QED) is 0.504. The van der Waals surface area contributed by atoms with E-state index in [1.165, 1.54) is 22.8 Å². The van der Waals surface area contributed by atoms with E-state index in [9.17, 15) is 4.79 Å². The molecule has 0 aliphatic heterocycles. The minimum absolute atomic E-state index is 0.0284. The van der Waals surface area contributed by atoms with Crippen molar-refractivity contribution in [2.75, 3.05) is 37.1 Å². The molecule has 1 aliphatic carbocycles. The number of amides is 1. The molecule has 0 atom stereocenters. The number of nitrogens with zero attached hydrogens (tertiary/aromatic N) is 3. The van der Waals surface area contributed by atoms with Crippen LogP contribution in [0.2, 0.25) is 0 Å². The number of para-hydroxylation sites is 1. The maximum absolute atomic E-state index is 12.6. The second kappa shape index (κ2) is 10.2. The summed E-state index contributed by atoms with van der Waals surface area (Å²) in [5, 5.41) is 8.72. The summed E-state index contributed by atoms with van der Waals surface area (Å²) in [5.74, 6) is 1.41. The Bertz CT molecular complexity index is 1080. The Hall–Kier alpha value is -2.80. The SMILES string of the molecule is CSc1ncccc1C(=O)NC[C@H]1CC[C@@H](Nc2cc(N(C)C)c3ccccc3n2)CC1. The Kier molecular flexibility index (Phi) is 7.15. The summed E-state index contributed by atoms with van der Waals surface area (Å²) in [6, 6.07) is 14.5. The van der Waals surface area contributed by atoms with Crippen LogP contribution in [0.25, 0.3) is 10.9 Å². The average molecular weight is 450 g/mol. The third-order valence-corrected chi connectivity index (χ3v) is 6.85. The number of fused-ring (bicyclic) bond motifs is 1. The van der Waals surface area contributed by atoms with Crippen LogP contribution in [-0.2, 0) is 0 Å². The number of nitrogens with one attached hydrogen (secondary N) is 2. The molecule has 7 heteroatoms. The Morgan fingerprint density at radius 2 is 1.91 bits per heavy atom. The van der Waals surface area contributed by atoms with Gasteiger partial charge in [0.1, 0.15) is 10.8 Å². The highest BCUT2D eigenvalue weighted by Gasteiger charge is 2.23. The summed E-state index contributed by atoms with van der Waals surface area (Å²) in [6.07, 6.45) is 8.01. The Labute approximate surface area is 194 Å². The van der Waals surface area contributed by atoms with E-state index in [0.29, 0.717) is 24.1 Å². The highest BCUT2D eigenvalue weighted by Crippen LogP contribution is 2.30. The fraction of sp³-hybridized carbons (Fsp3) is 0.400. The molecule has 0 unspecified atom stereocenters. The fourth-order valence-corrected chi connectivity index (χ4v) is 4.93. The molecule has 1 saturated carbocycles. The number of thioether (sulfide) groups is 1. The van der Waals surface area contributed by atoms with E-state index in [1.54, 1.807) is 6.20 Å². The molecule has 168 valence electrons. The van der Waals surface area contributed by atoms with Gasteiger partial charge in [-0.15, -0.1) is 11.8 Å². The highest BCUT2D eigenvalue weighted by atomic mass is 32.2. The van der Waals surface area contributed by atoms with Crippen LogP contribution in [0.1, 0.15) is 36.0 Å². The van der Waals surface area contributed by atoms with Crippen LogP contribution in [0.4, 0.5) is 11.5 Å². The van der Waals surface area contributed by atoms with Crippen LogP contribution >= 0.6 is 11.8 Å². The molecule has 0 radical (unpaired) electrons. The molecule has 1 aromatic carbocycles. The van der Waals surface area contributed by atoms with Crippen LogP contribution in [0.15, 0.2) is 53.7 Å². The molecule has 4 rings (SSSR count). The van der Waals surface area contributed by atoms with Gasteiger partial charge in [-0.1, -0.05) is 18.2 Å². The zero-order chi connectivity index (χ0) is 22.5. The molecule has 1 amide bonds. The summed E-state index contributed by atoms with van der Waals surface area (Å²) in [7, 11) is 4.14. The maximum atomic E-state index is 12.6. The zero-order valence-electron chi connectivity index (χ0n) is 19.0. The molecule has 2 aromatic heterocycles. The largest absolute Gasteiger partial charge is 0.377 e. The lowest BCUT2D eigenvalue weighted by atomic mass is 9.86. The Morgan fingerprint density at radius 1 is 1.12 bits per heavy atom. The normalized spacial score (nSPS) is 18.3. The first-order valence-corrected chi connectivity index (χ1v) is 12.4. The van der Waals surface area contributed by atoms with Gasteiger partial charge in [0, 0.05) is 50.0 Å². The molecular weight excluding hydrogens is 418 g/mol. The van der Waals surface area contributed by atoms with Crippen molar-refractivity contribution in [3.05, 3.63) is 54.2 Å². The van der Waals surface area contributed by atoms with Gasteiger partial charge < -0.3 is 15.5 Å². The van der Waals surface area contributed by atoms with Crippen LogP contribution in [0, 0.1) is 5.92 Å². The van der Waals surface area contributed by atoms with Crippen LogP contribution < -0.4 is 15.5 Å². The van der Waals surface area contributed by atoms with E-state index in [-0.39, 0.29) is 5.91 Å². The average Bonchev–Trinajstić information content (AvgIpc) is 2.82. The summed E-state index contributed by atoms with van der Waals surface area (Å²) >= 11 is 1.50. The minimum Gasteiger partial charge on any atom is -0.377 e. The highest BCUT2D eigenvalue weighted by molar-refractivity contribution is 7.98. The van der Waals surface area contributed by atoms with Gasteiger partial charge in [0.25, 0.3) is 5.91 Å². The van der Waals surface area contributed by atoms with Crippen molar-refractivity contribution in [1.82, 2.24) is 15.3 Å². The molecule has 32 heavy (non-hydrogen) atoms. The lowest BCUT2D eigenvalue weighted by molar-refractivity contribution is 0.0939. The molecule has 1 aliphatic rings. The number of hydrogen-bond donors (Lipinski definition) is 2. The van der Waals surface area contributed by atoms with E-state index in [1.807, 2.05) is 24.5 Å². The maximum Gasteiger partial charge on any atom is 0.254 e. The van der Waals surface area contributed by atoms with Crippen molar-refractivity contribution in [2.45, 2.75) is 36.8 Å². The second-order valence-corrected chi connectivity index (χ2v) is 9.37. The third kappa shape index (κ3) is 5.15. The van der Waals surface area contributed by atoms with E-state index in [2.05, 4.69) is 58.9 Å². The van der Waals surface area contributed by atoms with Crippen molar-refractivity contribution in [1.29, 1.82) is 0 Å². The van der Waals surface area contributed by atoms with Gasteiger partial charge in [0.05, 0.1) is 11.1 Å². The Morgan fingerprint density at radius 3 is 2.66 bits per heavy atom. The van der Waals surface area contributed by atoms with E-state index in [0.717, 1.165) is 42.0 Å². The molecule has 0 spiro atoms. The summed E-state index contributed by atoms with van der Waals surface area (Å²) in [4.78, 5) is 23.8. The van der Waals surface area contributed by atoms with Crippen LogP contribution in [-0.4, -0.2) is 48.8 Å². The van der Waals surface area contributed by atoms with Gasteiger partial charge in [0.2, 0.25) is 0 Å². The molecule has 2 heterocycles. The first-order valence-electron chi connectivity index (χ1n) is 11.2. The summed E-state index contributed by atoms with van der Waals surface area (Å²) < 4.78 is 0. The lowest BCUT2D eigenvalue weighted by Gasteiger charge is -2.30. The number of rotatable bonds is 7. The minimum atomic E-state index is -0.0284. The molecule has 2 N–H and O–H groups in total. The molecule has 0 bridgehead atoms. The number of benzene rings is 1. The van der Waals surface area contributed by atoms with Gasteiger partial charge in [0.15, 0.2) is 0 Å². The molecule has 6 nitrogen and oxygen atoms in total. The molecule has 3 aromatic rings. The van der Waals surface area contributed by atoms with Gasteiger partial charge in [-0.2, -0.15) is 0 Å². The second-order valence-electron chi connectivity index (χ2n) is 8.57. The molecular formula is C25H31N5OS. The van der Waals surface area contributed by atoms with Gasteiger partial charge >= 0.3 is 0 Å². The standard InChI is InChI=1S/C25H31N5OS/c1-30(2)22-15-23(29-21-9-5-4-7-19(21)22)28-18-12-10-17(11-13-18)16-27-24(31)20-8-6-14-26-25(20)32-3/h4-9,14-15,17-18H,10-13,16H2,1-3H3,(H,27,31)(H,28,29)/t17-,18+. The van der Waals surface area contributed by atoms with E-state index < -0.39 is 0 Å². The predicted octanol–water partition coefficient (Wildman–Crippen LogP) is 4.82.